The average Bonchev–Trinajstić information content (AvgIpc) is 3.36. The standard InChI is InChI=1S/C31H32F6O3.C30H30F6O3/c1-6-28(7-2,25-15-13-23(21(3)19-25)11-9-8-10-12-27(38)40-5)26-16-14-24(22(4)20-26)17-18-29(39,30(32,33)34)31(35,36)37;1-5-27(6-2,24-14-12-22(20(3)18-24)10-8-7-9-11-26(37)38)25-15-13-23(21(4)19-25)16-17-28(39,29(31,32)33)30(34,35)36/h13-16,19-20,39H,6-8,10,12H2,1-5H3;12-15,18-19,39H,5-7,9,11H2,1-4H3,(H,37,38). The monoisotopic (exact) mass is 1120 g/mol. The smallest absolute Gasteiger partial charge is 0.438 e. The molecule has 0 aliphatic heterocycles. The van der Waals surface area contributed by atoms with Crippen LogP contribution < -0.4 is 0 Å². The molecule has 6 nitrogen and oxygen atoms in total. The molecule has 0 amide bonds. The summed E-state index contributed by atoms with van der Waals surface area (Å²) in [6.07, 6.45) is -19.0. The Hall–Kier alpha value is -6.86. The molecule has 0 bridgehead atoms. The van der Waals surface area contributed by atoms with E-state index in [0.717, 1.165) is 56.3 Å². The van der Waals surface area contributed by atoms with Gasteiger partial charge in [0, 0.05) is 58.8 Å². The fraction of sp³-hybridized carbons (Fsp3) is 0.443. The van der Waals surface area contributed by atoms with Crippen molar-refractivity contribution >= 4 is 11.9 Å². The number of carboxylic acids is 1. The number of esters is 1. The zero-order valence-electron chi connectivity index (χ0n) is 45.1. The molecule has 0 spiro atoms. The van der Waals surface area contributed by atoms with Gasteiger partial charge in [-0.1, -0.05) is 112 Å². The Morgan fingerprint density at radius 1 is 0.456 bits per heavy atom. The van der Waals surface area contributed by atoms with Crippen LogP contribution in [0.1, 0.15) is 159 Å². The Morgan fingerprint density at radius 3 is 0.949 bits per heavy atom. The molecule has 0 radical (unpaired) electrons. The molecule has 0 atom stereocenters. The van der Waals surface area contributed by atoms with Crippen molar-refractivity contribution in [1.29, 1.82) is 0 Å². The summed E-state index contributed by atoms with van der Waals surface area (Å²) in [4.78, 5) is 21.8. The van der Waals surface area contributed by atoms with Crippen LogP contribution in [-0.2, 0) is 25.2 Å². The number of rotatable bonds is 14. The highest BCUT2D eigenvalue weighted by atomic mass is 19.4. The molecule has 4 aromatic rings. The summed E-state index contributed by atoms with van der Waals surface area (Å²) in [6, 6.07) is 21.2. The van der Waals surface area contributed by atoms with E-state index >= 15 is 0 Å². The van der Waals surface area contributed by atoms with E-state index in [-0.39, 0.29) is 23.5 Å². The number of hydrogen-bond donors (Lipinski definition) is 3. The van der Waals surface area contributed by atoms with Crippen molar-refractivity contribution in [2.45, 2.75) is 166 Å². The third-order valence-corrected chi connectivity index (χ3v) is 14.0. The fourth-order valence-electron chi connectivity index (χ4n) is 8.86. The first kappa shape index (κ1) is 66.4. The van der Waals surface area contributed by atoms with E-state index in [1.807, 2.05) is 89.8 Å². The molecule has 0 heterocycles. The number of aryl methyl sites for hydroxylation is 4. The molecule has 426 valence electrons. The highest BCUT2D eigenvalue weighted by Crippen LogP contribution is 2.45. The molecule has 0 fully saturated rings. The van der Waals surface area contributed by atoms with Gasteiger partial charge in [-0.15, -0.1) is 0 Å². The summed E-state index contributed by atoms with van der Waals surface area (Å²) < 4.78 is 161. The summed E-state index contributed by atoms with van der Waals surface area (Å²) >= 11 is 0. The fourth-order valence-corrected chi connectivity index (χ4v) is 8.86. The molecule has 4 aromatic carbocycles. The van der Waals surface area contributed by atoms with Gasteiger partial charge in [0.1, 0.15) is 0 Å². The Labute approximate surface area is 453 Å². The normalized spacial score (nSPS) is 12.2. The van der Waals surface area contributed by atoms with Crippen molar-refractivity contribution in [1.82, 2.24) is 0 Å². The lowest BCUT2D eigenvalue weighted by Gasteiger charge is -2.34. The van der Waals surface area contributed by atoms with Crippen molar-refractivity contribution in [3.8, 4) is 47.4 Å². The molecular weight excluding hydrogens is 1060 g/mol. The van der Waals surface area contributed by atoms with Gasteiger partial charge >= 0.3 is 47.8 Å². The van der Waals surface area contributed by atoms with E-state index in [2.05, 4.69) is 28.4 Å². The maximum Gasteiger partial charge on any atom is 0.438 e. The van der Waals surface area contributed by atoms with Crippen LogP contribution in [0, 0.1) is 75.1 Å². The largest absolute Gasteiger partial charge is 0.481 e. The van der Waals surface area contributed by atoms with Crippen molar-refractivity contribution in [3.63, 3.8) is 0 Å². The molecule has 18 heteroatoms. The number of ether oxygens (including phenoxy) is 1. The highest BCUT2D eigenvalue weighted by molar-refractivity contribution is 5.69. The zero-order chi connectivity index (χ0) is 60.0. The molecule has 79 heavy (non-hydrogen) atoms. The number of hydrogen-bond acceptors (Lipinski definition) is 5. The lowest BCUT2D eigenvalue weighted by atomic mass is 9.69. The van der Waals surface area contributed by atoms with Crippen LogP contribution >= 0.6 is 0 Å². The van der Waals surface area contributed by atoms with Gasteiger partial charge in [0.15, 0.2) is 0 Å². The summed E-state index contributed by atoms with van der Waals surface area (Å²) in [7, 11) is 1.34. The van der Waals surface area contributed by atoms with E-state index in [0.29, 0.717) is 68.9 Å². The quantitative estimate of drug-likeness (QED) is 0.0503. The third kappa shape index (κ3) is 15.7. The van der Waals surface area contributed by atoms with Gasteiger partial charge in [0.25, 0.3) is 0 Å². The molecule has 3 N–H and O–H groups in total. The number of benzene rings is 4. The average molecular weight is 1120 g/mol. The second-order valence-corrected chi connectivity index (χ2v) is 18.9. The maximum absolute atomic E-state index is 13.0. The molecule has 0 unspecified atom stereocenters. The van der Waals surface area contributed by atoms with Crippen LogP contribution in [0.25, 0.3) is 0 Å². The van der Waals surface area contributed by atoms with Gasteiger partial charge in [-0.25, -0.2) is 0 Å². The van der Waals surface area contributed by atoms with Crippen LogP contribution in [0.4, 0.5) is 52.7 Å². The lowest BCUT2D eigenvalue weighted by molar-refractivity contribution is -0.344. The number of carboxylic acid groups (broad SMARTS) is 1. The van der Waals surface area contributed by atoms with Crippen molar-refractivity contribution in [2.24, 2.45) is 0 Å². The molecule has 0 aromatic heterocycles. The summed E-state index contributed by atoms with van der Waals surface area (Å²) in [6.45, 7) is 14.9. The van der Waals surface area contributed by atoms with Crippen LogP contribution in [0.5, 0.6) is 0 Å². The SMILES string of the molecule is CCC(CC)(c1ccc(C#CCCCC(=O)O)c(C)c1)c1ccc(C#CC(O)(C(F)(F)F)C(F)(F)F)c(C)c1.CCC(CC)(c1ccc(C#CCCCC(=O)OC)c(C)c1)c1ccc(C#CC(O)(C(F)(F)F)C(F)(F)F)c(C)c1. The van der Waals surface area contributed by atoms with Gasteiger partial charge in [0.2, 0.25) is 0 Å². The molecule has 0 saturated heterocycles. The summed E-state index contributed by atoms with van der Waals surface area (Å²) in [5, 5.41) is 27.4. The first-order valence-electron chi connectivity index (χ1n) is 25.1. The summed E-state index contributed by atoms with van der Waals surface area (Å²) in [5.41, 5.74) is -3.46. The van der Waals surface area contributed by atoms with Crippen molar-refractivity contribution < 1.29 is 82.3 Å². The summed E-state index contributed by atoms with van der Waals surface area (Å²) in [5.74, 6) is 16.9. The van der Waals surface area contributed by atoms with Crippen LogP contribution in [0.2, 0.25) is 0 Å². The Kier molecular flexibility index (Phi) is 22.6. The topological polar surface area (TPSA) is 104 Å². The van der Waals surface area contributed by atoms with Gasteiger partial charge in [-0.3, -0.25) is 9.59 Å². The first-order chi connectivity index (χ1) is 36.6. The van der Waals surface area contributed by atoms with Crippen molar-refractivity contribution in [3.05, 3.63) is 140 Å². The number of unbranched alkanes of at least 4 members (excludes halogenated alkanes) is 2. The number of methoxy groups -OCH3 is 1. The Bertz CT molecular complexity index is 3030. The second-order valence-electron chi connectivity index (χ2n) is 18.9. The van der Waals surface area contributed by atoms with E-state index < -0.39 is 52.7 Å². The van der Waals surface area contributed by atoms with E-state index in [4.69, 9.17) is 5.11 Å². The van der Waals surface area contributed by atoms with Gasteiger partial charge < -0.3 is 20.1 Å². The number of aliphatic hydroxyl groups is 2. The minimum Gasteiger partial charge on any atom is -0.481 e. The third-order valence-electron chi connectivity index (χ3n) is 14.0. The van der Waals surface area contributed by atoms with Crippen LogP contribution in [-0.4, -0.2) is 70.3 Å². The molecule has 4 rings (SSSR count). The van der Waals surface area contributed by atoms with E-state index in [1.165, 1.54) is 26.2 Å². The lowest BCUT2D eigenvalue weighted by Crippen LogP contribution is -2.55. The van der Waals surface area contributed by atoms with Crippen molar-refractivity contribution in [2.75, 3.05) is 7.11 Å². The zero-order valence-corrected chi connectivity index (χ0v) is 45.1. The van der Waals surface area contributed by atoms with Gasteiger partial charge in [-0.05, 0) is 147 Å². The predicted octanol–water partition coefficient (Wildman–Crippen LogP) is 14.5. The molecule has 0 aliphatic rings. The number of carbonyl (C=O) groups is 2. The number of alkyl halides is 12. The van der Waals surface area contributed by atoms with Crippen LogP contribution in [0.3, 0.4) is 0 Å². The van der Waals surface area contributed by atoms with Gasteiger partial charge in [-0.2, -0.15) is 52.7 Å². The van der Waals surface area contributed by atoms with E-state index in [9.17, 15) is 72.5 Å². The second kappa shape index (κ2) is 26.9. The Balaban J connectivity index is 0.000000415. The van der Waals surface area contributed by atoms with Gasteiger partial charge in [0.05, 0.1) is 7.11 Å². The number of halogens is 12. The maximum atomic E-state index is 13.0. The number of carbonyl (C=O) groups excluding carboxylic acids is 1. The van der Waals surface area contributed by atoms with Crippen LogP contribution in [0.15, 0.2) is 72.8 Å². The first-order valence-corrected chi connectivity index (χ1v) is 25.1. The highest BCUT2D eigenvalue weighted by Gasteiger charge is 2.71. The number of aliphatic carboxylic acids is 1. The minimum atomic E-state index is -6.02. The minimum absolute atomic E-state index is 0.0502. The molecule has 0 aliphatic carbocycles. The predicted molar refractivity (Wildman–Crippen MR) is 276 cm³/mol. The molecule has 0 saturated carbocycles. The Morgan fingerprint density at radius 2 is 0.722 bits per heavy atom. The molecular formula is C61H62F12O6. The van der Waals surface area contributed by atoms with E-state index in [1.54, 1.807) is 31.2 Å².